The van der Waals surface area contributed by atoms with Gasteiger partial charge in [0, 0.05) is 6.54 Å². The maximum Gasteiger partial charge on any atom is 0.233 e. The lowest BCUT2D eigenvalue weighted by Gasteiger charge is -2.19. The predicted molar refractivity (Wildman–Crippen MR) is 107 cm³/mol. The molecule has 0 bridgehead atoms. The summed E-state index contributed by atoms with van der Waals surface area (Å²) in [6.07, 6.45) is 5.30. The number of hydrogen-bond donors (Lipinski definition) is 1. The molecule has 0 aliphatic heterocycles. The van der Waals surface area contributed by atoms with Crippen LogP contribution in [0.1, 0.15) is 23.6 Å². The van der Waals surface area contributed by atoms with Gasteiger partial charge >= 0.3 is 0 Å². The van der Waals surface area contributed by atoms with Crippen LogP contribution < -0.4 is 0 Å². The molecule has 0 atom stereocenters. The topological polar surface area (TPSA) is 98.8 Å². The van der Waals surface area contributed by atoms with E-state index in [1.165, 1.54) is 23.9 Å². The van der Waals surface area contributed by atoms with Gasteiger partial charge in [-0.15, -0.1) is 5.10 Å². The number of carbonyl (C=O) groups excluding carboxylic acids is 1. The molecule has 0 saturated heterocycles. The number of hydrogen-bond acceptors (Lipinski definition) is 6. The van der Waals surface area contributed by atoms with Crippen molar-refractivity contribution < 1.29 is 13.6 Å². The number of nitrogens with one attached hydrogen (secondary N) is 1. The highest BCUT2D eigenvalue weighted by atomic mass is 32.2. The average Bonchev–Trinajstić information content (AvgIpc) is 3.41. The third-order valence-electron chi connectivity index (χ3n) is 3.88. The first-order valence-electron chi connectivity index (χ1n) is 8.80. The number of benzene rings is 1. The summed E-state index contributed by atoms with van der Waals surface area (Å²) in [5, 5.41) is 16.1. The van der Waals surface area contributed by atoms with Crippen LogP contribution in [0, 0.1) is 17.1 Å². The number of H-pyrrole nitrogens is 1. The Bertz CT molecular complexity index is 993. The first-order chi connectivity index (χ1) is 14.1. The zero-order chi connectivity index (χ0) is 20.5. The first kappa shape index (κ1) is 20.4. The van der Waals surface area contributed by atoms with Crippen molar-refractivity contribution in [2.75, 3.05) is 12.3 Å². The molecule has 1 amide bonds. The van der Waals surface area contributed by atoms with Crippen molar-refractivity contribution in [1.29, 1.82) is 5.26 Å². The van der Waals surface area contributed by atoms with Gasteiger partial charge in [0.1, 0.15) is 17.4 Å². The maximum atomic E-state index is 12.9. The number of halogens is 1. The minimum Gasteiger partial charge on any atom is -0.467 e. The van der Waals surface area contributed by atoms with Crippen LogP contribution in [0.2, 0.25) is 0 Å². The summed E-state index contributed by atoms with van der Waals surface area (Å²) in [4.78, 5) is 18.4. The van der Waals surface area contributed by atoms with Crippen LogP contribution >= 0.6 is 11.8 Å². The molecule has 0 aliphatic rings. The second kappa shape index (κ2) is 10.2. The molecule has 9 heteroatoms. The van der Waals surface area contributed by atoms with Crippen molar-refractivity contribution in [2.24, 2.45) is 0 Å². The Morgan fingerprint density at radius 3 is 2.86 bits per heavy atom. The van der Waals surface area contributed by atoms with Crippen molar-refractivity contribution in [1.82, 2.24) is 20.1 Å². The lowest BCUT2D eigenvalue weighted by Crippen LogP contribution is -2.32. The van der Waals surface area contributed by atoms with Crippen LogP contribution in [0.5, 0.6) is 0 Å². The summed E-state index contributed by atoms with van der Waals surface area (Å²) >= 11 is 1.21. The Balaban J connectivity index is 1.55. The molecule has 29 heavy (non-hydrogen) atoms. The summed E-state index contributed by atoms with van der Waals surface area (Å²) in [6.45, 7) is 0.643. The quantitative estimate of drug-likeness (QED) is 0.539. The minimum absolute atomic E-state index is 0.130. The Labute approximate surface area is 171 Å². The molecule has 0 saturated carbocycles. The van der Waals surface area contributed by atoms with Gasteiger partial charge in [-0.2, -0.15) is 5.26 Å². The zero-order valence-electron chi connectivity index (χ0n) is 15.4. The van der Waals surface area contributed by atoms with Crippen molar-refractivity contribution in [3.8, 4) is 6.07 Å². The molecule has 2 heterocycles. The highest BCUT2D eigenvalue weighted by Gasteiger charge is 2.16. The van der Waals surface area contributed by atoms with E-state index in [2.05, 4.69) is 21.3 Å². The smallest absolute Gasteiger partial charge is 0.233 e. The number of aromatic amines is 1. The SMILES string of the molecule is N#CCCN(Cc1ccco1)C(=O)CSc1n[nH]c(C=Cc2ccc(F)cc2)n1. The summed E-state index contributed by atoms with van der Waals surface area (Å²) in [5.41, 5.74) is 0.832. The maximum absolute atomic E-state index is 12.9. The van der Waals surface area contributed by atoms with E-state index in [1.807, 2.05) is 0 Å². The molecule has 1 aromatic carbocycles. The standard InChI is InChI=1S/C20H18FN5O2S/c21-16-7-4-15(5-8-16)6-9-18-23-20(25-24-18)29-14-19(27)26(11-2-10-22)13-17-3-1-12-28-17/h1,3-9,12H,2,11,13-14H2,(H,23,24,25). The van der Waals surface area contributed by atoms with Crippen LogP contribution in [0.3, 0.4) is 0 Å². The Morgan fingerprint density at radius 2 is 2.14 bits per heavy atom. The Kier molecular flexibility index (Phi) is 7.19. The fourth-order valence-corrected chi connectivity index (χ4v) is 3.14. The molecule has 7 nitrogen and oxygen atoms in total. The molecule has 3 rings (SSSR count). The summed E-state index contributed by atoms with van der Waals surface area (Å²) in [7, 11) is 0. The molecule has 0 radical (unpaired) electrons. The van der Waals surface area contributed by atoms with Crippen LogP contribution in [-0.2, 0) is 11.3 Å². The fourth-order valence-electron chi connectivity index (χ4n) is 2.43. The van der Waals surface area contributed by atoms with Gasteiger partial charge in [-0.25, -0.2) is 9.37 Å². The number of thioether (sulfide) groups is 1. The summed E-state index contributed by atoms with van der Waals surface area (Å²) in [6, 6.07) is 11.7. The highest BCUT2D eigenvalue weighted by molar-refractivity contribution is 7.99. The van der Waals surface area contributed by atoms with Gasteiger partial charge in [-0.3, -0.25) is 9.89 Å². The van der Waals surface area contributed by atoms with Gasteiger partial charge < -0.3 is 9.32 Å². The number of rotatable bonds is 9. The number of nitrogens with zero attached hydrogens (tertiary/aromatic N) is 4. The number of carbonyl (C=O) groups is 1. The van der Waals surface area contributed by atoms with Gasteiger partial charge in [0.05, 0.1) is 31.1 Å². The van der Waals surface area contributed by atoms with Crippen molar-refractivity contribution >= 4 is 29.8 Å². The van der Waals surface area contributed by atoms with E-state index >= 15 is 0 Å². The number of furan rings is 1. The number of amides is 1. The van der Waals surface area contributed by atoms with E-state index in [4.69, 9.17) is 9.68 Å². The summed E-state index contributed by atoms with van der Waals surface area (Å²) < 4.78 is 18.2. The van der Waals surface area contributed by atoms with Gasteiger partial charge in [-0.05, 0) is 35.9 Å². The lowest BCUT2D eigenvalue weighted by atomic mass is 10.2. The molecule has 148 valence electrons. The third kappa shape index (κ3) is 6.33. The van der Waals surface area contributed by atoms with E-state index in [1.54, 1.807) is 47.6 Å². The fraction of sp³-hybridized carbons (Fsp3) is 0.200. The Hall–Kier alpha value is -3.38. The largest absolute Gasteiger partial charge is 0.467 e. The van der Waals surface area contributed by atoms with Crippen molar-refractivity contribution in [3.63, 3.8) is 0 Å². The molecular weight excluding hydrogens is 393 g/mol. The van der Waals surface area contributed by atoms with Crippen LogP contribution in [0.15, 0.2) is 52.2 Å². The van der Waals surface area contributed by atoms with Gasteiger partial charge in [0.15, 0.2) is 0 Å². The molecule has 0 unspecified atom stereocenters. The zero-order valence-corrected chi connectivity index (χ0v) is 16.2. The van der Waals surface area contributed by atoms with Crippen molar-refractivity contribution in [3.05, 3.63) is 65.6 Å². The molecule has 0 fully saturated rings. The minimum atomic E-state index is -0.291. The second-order valence-corrected chi connectivity index (χ2v) is 6.92. The second-order valence-electron chi connectivity index (χ2n) is 5.98. The molecule has 3 aromatic rings. The van der Waals surface area contributed by atoms with Crippen LogP contribution in [0.25, 0.3) is 12.2 Å². The highest BCUT2D eigenvalue weighted by Crippen LogP contribution is 2.16. The van der Waals surface area contributed by atoms with Crippen molar-refractivity contribution in [2.45, 2.75) is 18.1 Å². The predicted octanol–water partition coefficient (Wildman–Crippen LogP) is 3.74. The normalized spacial score (nSPS) is 10.9. The van der Waals surface area contributed by atoms with Gasteiger partial charge in [-0.1, -0.05) is 30.0 Å². The van der Waals surface area contributed by atoms with E-state index in [0.717, 1.165) is 5.56 Å². The van der Waals surface area contributed by atoms with E-state index in [9.17, 15) is 9.18 Å². The van der Waals surface area contributed by atoms with E-state index in [-0.39, 0.29) is 23.9 Å². The third-order valence-corrected chi connectivity index (χ3v) is 4.72. The van der Waals surface area contributed by atoms with Crippen LogP contribution in [0.4, 0.5) is 4.39 Å². The summed E-state index contributed by atoms with van der Waals surface area (Å²) in [5.74, 6) is 0.912. The van der Waals surface area contributed by atoms with Gasteiger partial charge in [0.25, 0.3) is 0 Å². The Morgan fingerprint density at radius 1 is 1.31 bits per heavy atom. The number of nitriles is 1. The molecular formula is C20H18FN5O2S. The molecule has 2 aromatic heterocycles. The molecule has 0 spiro atoms. The average molecular weight is 411 g/mol. The monoisotopic (exact) mass is 411 g/mol. The van der Waals surface area contributed by atoms with E-state index < -0.39 is 0 Å². The number of aromatic nitrogens is 3. The lowest BCUT2D eigenvalue weighted by molar-refractivity contribution is -0.129. The molecule has 0 aliphatic carbocycles. The van der Waals surface area contributed by atoms with Gasteiger partial charge in [0.2, 0.25) is 11.1 Å². The first-order valence-corrected chi connectivity index (χ1v) is 9.78. The van der Waals surface area contributed by atoms with E-state index in [0.29, 0.717) is 29.8 Å². The molecule has 1 N–H and O–H groups in total. The van der Waals surface area contributed by atoms with Crippen LogP contribution in [-0.4, -0.2) is 38.3 Å².